The molecular weight excluding hydrogens is 542 g/mol. The Bertz CT molecular complexity index is 1190. The maximum atomic E-state index is 13.9. The van der Waals surface area contributed by atoms with E-state index in [2.05, 4.69) is 16.0 Å². The molecule has 8 nitrogen and oxygen atoms in total. The summed E-state index contributed by atoms with van der Waals surface area (Å²) >= 11 is 0. The van der Waals surface area contributed by atoms with Crippen molar-refractivity contribution in [1.82, 2.24) is 16.0 Å². The lowest BCUT2D eigenvalue weighted by Gasteiger charge is -2.32. The molecule has 5 N–H and O–H groups in total. The van der Waals surface area contributed by atoms with E-state index >= 15 is 0 Å². The van der Waals surface area contributed by atoms with Crippen LogP contribution in [-0.2, 0) is 20.8 Å². The zero-order valence-corrected chi connectivity index (χ0v) is 26.6. The zero-order chi connectivity index (χ0) is 31.5. The number of aliphatic hydroxyl groups excluding tert-OH is 2. The number of hydrogen-bond acceptors (Lipinski definition) is 5. The third-order valence-electron chi connectivity index (χ3n) is 8.90. The van der Waals surface area contributed by atoms with Gasteiger partial charge in [-0.25, -0.2) is 0 Å². The van der Waals surface area contributed by atoms with Crippen LogP contribution in [0.25, 0.3) is 10.8 Å². The summed E-state index contributed by atoms with van der Waals surface area (Å²) in [5.74, 6) is -0.745. The Hall–Kier alpha value is -2.97. The van der Waals surface area contributed by atoms with Crippen LogP contribution in [0, 0.1) is 17.8 Å². The first-order valence-corrected chi connectivity index (χ1v) is 16.2. The predicted molar refractivity (Wildman–Crippen MR) is 171 cm³/mol. The van der Waals surface area contributed by atoms with E-state index in [0.29, 0.717) is 31.6 Å². The van der Waals surface area contributed by atoms with Gasteiger partial charge in [-0.1, -0.05) is 109 Å². The van der Waals surface area contributed by atoms with Gasteiger partial charge in [-0.3, -0.25) is 14.4 Å². The number of rotatable bonds is 15. The highest BCUT2D eigenvalue weighted by molar-refractivity contribution is 5.92. The van der Waals surface area contributed by atoms with Gasteiger partial charge < -0.3 is 26.2 Å². The van der Waals surface area contributed by atoms with Crippen LogP contribution in [-0.4, -0.2) is 58.3 Å². The molecule has 1 fully saturated rings. The second kappa shape index (κ2) is 16.8. The summed E-state index contributed by atoms with van der Waals surface area (Å²) in [4.78, 5) is 39.4. The second-order valence-electron chi connectivity index (χ2n) is 13.1. The van der Waals surface area contributed by atoms with Crippen LogP contribution in [0.5, 0.6) is 0 Å². The molecule has 0 saturated heterocycles. The van der Waals surface area contributed by atoms with Gasteiger partial charge in [-0.2, -0.15) is 0 Å². The van der Waals surface area contributed by atoms with Crippen LogP contribution in [0.1, 0.15) is 91.5 Å². The minimum absolute atomic E-state index is 0.156. The van der Waals surface area contributed by atoms with Gasteiger partial charge in [-0.05, 0) is 53.4 Å². The first-order chi connectivity index (χ1) is 20.5. The van der Waals surface area contributed by atoms with E-state index < -0.39 is 36.2 Å². The Balaban J connectivity index is 1.82. The summed E-state index contributed by atoms with van der Waals surface area (Å²) in [7, 11) is 0. The van der Waals surface area contributed by atoms with E-state index in [-0.39, 0.29) is 23.7 Å². The van der Waals surface area contributed by atoms with E-state index in [1.165, 1.54) is 13.3 Å². The average Bonchev–Trinajstić information content (AvgIpc) is 2.98. The summed E-state index contributed by atoms with van der Waals surface area (Å²) in [6.45, 7) is 9.21. The van der Waals surface area contributed by atoms with Gasteiger partial charge in [0.2, 0.25) is 17.7 Å². The number of carbonyl (C=O) groups is 3. The molecule has 238 valence electrons. The summed E-state index contributed by atoms with van der Waals surface area (Å²) in [6.07, 6.45) is 5.16. The fourth-order valence-electron chi connectivity index (χ4n) is 6.23. The summed E-state index contributed by atoms with van der Waals surface area (Å²) in [5.41, 5.74) is 0.919. The molecule has 3 amide bonds. The number of benzene rings is 2. The fraction of sp³-hybridized carbons (Fsp3) is 0.629. The van der Waals surface area contributed by atoms with Crippen molar-refractivity contribution in [1.29, 1.82) is 0 Å². The molecule has 1 aliphatic carbocycles. The molecule has 1 saturated carbocycles. The molecule has 0 radical (unpaired) electrons. The van der Waals surface area contributed by atoms with Crippen LogP contribution in [0.2, 0.25) is 0 Å². The largest absolute Gasteiger partial charge is 0.390 e. The van der Waals surface area contributed by atoms with Crippen molar-refractivity contribution >= 4 is 28.5 Å². The number of aliphatic hydroxyl groups is 2. The quantitative estimate of drug-likeness (QED) is 0.205. The fourth-order valence-corrected chi connectivity index (χ4v) is 6.23. The van der Waals surface area contributed by atoms with Crippen molar-refractivity contribution in [3.63, 3.8) is 0 Å². The zero-order valence-electron chi connectivity index (χ0n) is 26.6. The molecular formula is C35H53N3O5. The monoisotopic (exact) mass is 595 g/mol. The Morgan fingerprint density at radius 2 is 1.56 bits per heavy atom. The lowest BCUT2D eigenvalue weighted by molar-refractivity contribution is -0.134. The molecule has 1 unspecified atom stereocenters. The molecule has 1 aliphatic rings. The molecule has 8 heteroatoms. The molecule has 43 heavy (non-hydrogen) atoms. The highest BCUT2D eigenvalue weighted by Gasteiger charge is 2.35. The number of nitrogens with one attached hydrogen (secondary N) is 3. The summed E-state index contributed by atoms with van der Waals surface area (Å²) in [6, 6.07) is 11.6. The average molecular weight is 596 g/mol. The van der Waals surface area contributed by atoms with Crippen molar-refractivity contribution in [3.05, 3.63) is 48.0 Å². The number of carbonyl (C=O) groups excluding carboxylic acids is 3. The second-order valence-corrected chi connectivity index (χ2v) is 13.1. The Morgan fingerprint density at radius 1 is 0.884 bits per heavy atom. The van der Waals surface area contributed by atoms with Crippen molar-refractivity contribution in [2.45, 2.75) is 123 Å². The van der Waals surface area contributed by atoms with E-state index in [4.69, 9.17) is 0 Å². The third kappa shape index (κ3) is 10.6. The van der Waals surface area contributed by atoms with Crippen LogP contribution in [0.3, 0.4) is 0 Å². The molecule has 6 atom stereocenters. The molecule has 0 aromatic heterocycles. The number of fused-ring (bicyclic) bond motifs is 1. The Labute approximate surface area is 257 Å². The highest BCUT2D eigenvalue weighted by atomic mass is 16.3. The van der Waals surface area contributed by atoms with Gasteiger partial charge in [-0.15, -0.1) is 0 Å². The van der Waals surface area contributed by atoms with Crippen LogP contribution in [0.15, 0.2) is 42.5 Å². The maximum absolute atomic E-state index is 13.9. The van der Waals surface area contributed by atoms with Gasteiger partial charge in [0, 0.05) is 6.92 Å². The smallest absolute Gasteiger partial charge is 0.243 e. The van der Waals surface area contributed by atoms with Crippen molar-refractivity contribution in [3.8, 4) is 0 Å². The molecule has 0 heterocycles. The number of amides is 3. The van der Waals surface area contributed by atoms with E-state index in [0.717, 1.165) is 42.0 Å². The summed E-state index contributed by atoms with van der Waals surface area (Å²) in [5, 5.41) is 33.0. The normalized spacial score (nSPS) is 18.3. The van der Waals surface area contributed by atoms with Crippen LogP contribution < -0.4 is 16.0 Å². The predicted octanol–water partition coefficient (Wildman–Crippen LogP) is 4.64. The third-order valence-corrected chi connectivity index (χ3v) is 8.90. The standard InChI is InChI=1S/C35H53N3O5/c1-6-23(4)32(38-34(42)30(36-24(5)39)20-25-12-8-7-9-13-25)35(43)37-29(33(41)31(40)18-22(2)3)21-26-16-17-27-14-10-11-15-28(27)19-26/h10-11,14-17,19,22-23,25,29-33,40-41H,6-9,12-13,18,20-21H2,1-5H3,(H,36,39)(H,37,43)(H,38,42)/t23?,29-,30-,31-,32-,33+/m0/s1. The SMILES string of the molecule is CCC(C)[C@H](NC(=O)[C@H](CC1CCCCC1)NC(C)=O)C(=O)N[C@@H](Cc1ccc2ccccc2c1)[C@@H](O)[C@@H](O)CC(C)C. The first kappa shape index (κ1) is 34.5. The Morgan fingerprint density at radius 3 is 2.19 bits per heavy atom. The molecule has 2 aromatic carbocycles. The van der Waals surface area contributed by atoms with Crippen LogP contribution >= 0.6 is 0 Å². The van der Waals surface area contributed by atoms with Crippen molar-refractivity contribution in [2.24, 2.45) is 17.8 Å². The minimum atomic E-state index is -1.20. The summed E-state index contributed by atoms with van der Waals surface area (Å²) < 4.78 is 0. The van der Waals surface area contributed by atoms with E-state index in [1.807, 2.05) is 70.2 Å². The van der Waals surface area contributed by atoms with Gasteiger partial charge in [0.1, 0.15) is 18.2 Å². The number of hydrogen-bond donors (Lipinski definition) is 5. The molecule has 3 rings (SSSR count). The molecule has 2 aromatic rings. The highest BCUT2D eigenvalue weighted by Crippen LogP contribution is 2.27. The molecule has 0 aliphatic heterocycles. The van der Waals surface area contributed by atoms with Crippen molar-refractivity contribution in [2.75, 3.05) is 0 Å². The first-order valence-electron chi connectivity index (χ1n) is 16.2. The molecule has 0 bridgehead atoms. The topological polar surface area (TPSA) is 128 Å². The molecule has 0 spiro atoms. The van der Waals surface area contributed by atoms with E-state index in [1.54, 1.807) is 0 Å². The Kier molecular flexibility index (Phi) is 13.5. The van der Waals surface area contributed by atoms with Crippen LogP contribution in [0.4, 0.5) is 0 Å². The lowest BCUT2D eigenvalue weighted by atomic mass is 9.84. The van der Waals surface area contributed by atoms with Gasteiger partial charge in [0.05, 0.1) is 12.1 Å². The van der Waals surface area contributed by atoms with Gasteiger partial charge in [0.15, 0.2) is 0 Å². The minimum Gasteiger partial charge on any atom is -0.390 e. The lowest BCUT2D eigenvalue weighted by Crippen LogP contribution is -2.59. The van der Waals surface area contributed by atoms with E-state index in [9.17, 15) is 24.6 Å². The van der Waals surface area contributed by atoms with Gasteiger partial charge >= 0.3 is 0 Å². The van der Waals surface area contributed by atoms with Crippen molar-refractivity contribution < 1.29 is 24.6 Å². The maximum Gasteiger partial charge on any atom is 0.243 e. The van der Waals surface area contributed by atoms with Gasteiger partial charge in [0.25, 0.3) is 0 Å².